The van der Waals surface area contributed by atoms with E-state index in [0.717, 1.165) is 9.13 Å². The van der Waals surface area contributed by atoms with E-state index >= 15 is 0 Å². The Hall–Kier alpha value is -2.83. The van der Waals surface area contributed by atoms with E-state index in [-0.39, 0.29) is 6.54 Å². The molecule has 0 aliphatic rings. The molecule has 20 heavy (non-hydrogen) atoms. The molecular weight excluding hydrogens is 260 g/mol. The number of hydrogen-bond donors (Lipinski definition) is 2. The number of nitrogens with one attached hydrogen (secondary N) is 1. The molecule has 3 N–H and O–H groups in total. The van der Waals surface area contributed by atoms with Crippen molar-refractivity contribution in [3.05, 3.63) is 57.4 Å². The van der Waals surface area contributed by atoms with E-state index in [0.29, 0.717) is 11.4 Å². The molecule has 0 spiro atoms. The van der Waals surface area contributed by atoms with Gasteiger partial charge in [-0.25, -0.2) is 0 Å². The van der Waals surface area contributed by atoms with Gasteiger partial charge in [0.1, 0.15) is 6.54 Å². The van der Waals surface area contributed by atoms with Gasteiger partial charge in [-0.2, -0.15) is 0 Å². The maximum atomic E-state index is 11.8. The maximum absolute atomic E-state index is 11.8. The molecule has 0 saturated heterocycles. The van der Waals surface area contributed by atoms with Gasteiger partial charge in [0.25, 0.3) is 0 Å². The van der Waals surface area contributed by atoms with Crippen LogP contribution >= 0.6 is 0 Å². The summed E-state index contributed by atoms with van der Waals surface area (Å²) >= 11 is 0. The summed E-state index contributed by atoms with van der Waals surface area (Å²) in [6.07, 6.45) is 2.83. The molecule has 0 fully saturated rings. The molecule has 104 valence electrons. The lowest BCUT2D eigenvalue weighted by Crippen LogP contribution is -2.41. The number of nitrogens with zero attached hydrogens (tertiary/aromatic N) is 2. The molecule has 1 aromatic carbocycles. The summed E-state index contributed by atoms with van der Waals surface area (Å²) in [5.41, 5.74) is 5.29. The minimum Gasteiger partial charge on any atom is -0.399 e. The van der Waals surface area contributed by atoms with Gasteiger partial charge >= 0.3 is 11.1 Å². The largest absolute Gasteiger partial charge is 0.399 e. The Balaban J connectivity index is 2.13. The Morgan fingerprint density at radius 1 is 1.15 bits per heavy atom. The molecule has 7 nitrogen and oxygen atoms in total. The van der Waals surface area contributed by atoms with Gasteiger partial charge < -0.3 is 15.6 Å². The number of amides is 1. The van der Waals surface area contributed by atoms with E-state index in [2.05, 4.69) is 5.32 Å². The van der Waals surface area contributed by atoms with Crippen molar-refractivity contribution in [1.29, 1.82) is 0 Å². The van der Waals surface area contributed by atoms with Crippen molar-refractivity contribution in [1.82, 2.24) is 9.13 Å². The molecular formula is C13H14N4O3. The van der Waals surface area contributed by atoms with Gasteiger partial charge in [-0.05, 0) is 24.3 Å². The number of hydrogen-bond acceptors (Lipinski definition) is 4. The molecule has 7 heteroatoms. The summed E-state index contributed by atoms with van der Waals surface area (Å²) in [5, 5.41) is 2.62. The Morgan fingerprint density at radius 2 is 1.80 bits per heavy atom. The lowest BCUT2D eigenvalue weighted by Gasteiger charge is -2.07. The minimum absolute atomic E-state index is 0.223. The van der Waals surface area contributed by atoms with E-state index in [4.69, 9.17) is 5.73 Å². The Morgan fingerprint density at radius 3 is 2.45 bits per heavy atom. The summed E-state index contributed by atoms with van der Waals surface area (Å²) in [7, 11) is 1.47. The monoisotopic (exact) mass is 274 g/mol. The summed E-state index contributed by atoms with van der Waals surface area (Å²) in [6.45, 7) is -0.223. The fraction of sp³-hybridized carbons (Fsp3) is 0.154. The minimum atomic E-state index is -0.734. The predicted octanol–water partition coefficient (Wildman–Crippen LogP) is -0.232. The molecule has 1 aromatic heterocycles. The SMILES string of the molecule is Cn1ccn(CC(=O)Nc2ccc(N)cc2)c(=O)c1=O. The second-order valence-corrected chi connectivity index (χ2v) is 4.32. The Labute approximate surface area is 114 Å². The lowest BCUT2D eigenvalue weighted by atomic mass is 10.3. The topological polar surface area (TPSA) is 99.1 Å². The van der Waals surface area contributed by atoms with E-state index in [9.17, 15) is 14.4 Å². The van der Waals surface area contributed by atoms with Gasteiger partial charge in [0.15, 0.2) is 0 Å². The normalized spacial score (nSPS) is 10.2. The zero-order valence-electron chi connectivity index (χ0n) is 10.9. The third kappa shape index (κ3) is 2.94. The molecule has 0 radical (unpaired) electrons. The van der Waals surface area contributed by atoms with Crippen LogP contribution in [0.25, 0.3) is 0 Å². The van der Waals surface area contributed by atoms with Crippen LogP contribution in [0.2, 0.25) is 0 Å². The fourth-order valence-corrected chi connectivity index (χ4v) is 1.64. The number of nitrogens with two attached hydrogens (primary N) is 1. The molecule has 1 amide bonds. The third-order valence-electron chi connectivity index (χ3n) is 2.74. The zero-order valence-corrected chi connectivity index (χ0v) is 10.9. The highest BCUT2D eigenvalue weighted by molar-refractivity contribution is 5.90. The van der Waals surface area contributed by atoms with Gasteiger partial charge in [0.2, 0.25) is 5.91 Å². The molecule has 0 unspecified atom stereocenters. The van der Waals surface area contributed by atoms with Crippen molar-refractivity contribution < 1.29 is 4.79 Å². The number of anilines is 2. The summed E-state index contributed by atoms with van der Waals surface area (Å²) < 4.78 is 2.23. The van der Waals surface area contributed by atoms with E-state index in [1.165, 1.54) is 19.4 Å². The number of aryl methyl sites for hydroxylation is 1. The fourth-order valence-electron chi connectivity index (χ4n) is 1.64. The smallest absolute Gasteiger partial charge is 0.316 e. The van der Waals surface area contributed by atoms with Gasteiger partial charge in [0, 0.05) is 30.8 Å². The standard InChI is InChI=1S/C13H14N4O3/c1-16-6-7-17(13(20)12(16)19)8-11(18)15-10-4-2-9(14)3-5-10/h2-7H,8,14H2,1H3,(H,15,18). The van der Waals surface area contributed by atoms with Crippen molar-refractivity contribution in [2.75, 3.05) is 11.1 Å². The van der Waals surface area contributed by atoms with Crippen LogP contribution < -0.4 is 22.2 Å². The molecule has 0 atom stereocenters. The third-order valence-corrected chi connectivity index (χ3v) is 2.74. The van der Waals surface area contributed by atoms with Crippen LogP contribution in [0.15, 0.2) is 46.2 Å². The van der Waals surface area contributed by atoms with Crippen molar-refractivity contribution in [2.45, 2.75) is 6.54 Å². The number of carbonyl (C=O) groups excluding carboxylic acids is 1. The van der Waals surface area contributed by atoms with Crippen LogP contribution in [0.4, 0.5) is 11.4 Å². The number of carbonyl (C=O) groups is 1. The average Bonchev–Trinajstić information content (AvgIpc) is 2.42. The molecule has 2 rings (SSSR count). The van der Waals surface area contributed by atoms with Crippen molar-refractivity contribution in [3.8, 4) is 0 Å². The van der Waals surface area contributed by atoms with Crippen molar-refractivity contribution in [2.24, 2.45) is 7.05 Å². The van der Waals surface area contributed by atoms with Crippen molar-refractivity contribution in [3.63, 3.8) is 0 Å². The Kier molecular flexibility index (Phi) is 3.69. The van der Waals surface area contributed by atoms with Gasteiger partial charge in [-0.15, -0.1) is 0 Å². The molecule has 1 heterocycles. The molecule has 2 aromatic rings. The van der Waals surface area contributed by atoms with Crippen LogP contribution in [0.5, 0.6) is 0 Å². The number of aromatic nitrogens is 2. The van der Waals surface area contributed by atoms with Crippen LogP contribution in [0, 0.1) is 0 Å². The van der Waals surface area contributed by atoms with Crippen LogP contribution in [-0.2, 0) is 18.4 Å². The van der Waals surface area contributed by atoms with Gasteiger partial charge in [-0.1, -0.05) is 0 Å². The molecule has 0 aliphatic heterocycles. The second-order valence-electron chi connectivity index (χ2n) is 4.32. The predicted molar refractivity (Wildman–Crippen MR) is 75.4 cm³/mol. The highest BCUT2D eigenvalue weighted by Gasteiger charge is 2.07. The van der Waals surface area contributed by atoms with Crippen LogP contribution in [0.1, 0.15) is 0 Å². The highest BCUT2D eigenvalue weighted by Crippen LogP contribution is 2.10. The Bertz CT molecular complexity index is 743. The van der Waals surface area contributed by atoms with Crippen LogP contribution in [-0.4, -0.2) is 15.0 Å². The number of benzene rings is 1. The van der Waals surface area contributed by atoms with Gasteiger partial charge in [-0.3, -0.25) is 19.0 Å². The average molecular weight is 274 g/mol. The summed E-state index contributed by atoms with van der Waals surface area (Å²) in [6, 6.07) is 6.61. The van der Waals surface area contributed by atoms with Crippen molar-refractivity contribution >= 4 is 17.3 Å². The molecule has 0 saturated carbocycles. The first-order chi connectivity index (χ1) is 9.47. The zero-order chi connectivity index (χ0) is 14.7. The van der Waals surface area contributed by atoms with E-state index < -0.39 is 17.0 Å². The van der Waals surface area contributed by atoms with Crippen LogP contribution in [0.3, 0.4) is 0 Å². The first-order valence-electron chi connectivity index (χ1n) is 5.89. The lowest BCUT2D eigenvalue weighted by molar-refractivity contribution is -0.116. The summed E-state index contributed by atoms with van der Waals surface area (Å²) in [5.74, 6) is -0.398. The van der Waals surface area contributed by atoms with E-state index in [1.54, 1.807) is 24.3 Å². The molecule has 0 aliphatic carbocycles. The second kappa shape index (κ2) is 5.43. The maximum Gasteiger partial charge on any atom is 0.316 e. The highest BCUT2D eigenvalue weighted by atomic mass is 16.2. The van der Waals surface area contributed by atoms with E-state index in [1.807, 2.05) is 0 Å². The molecule has 0 bridgehead atoms. The quantitative estimate of drug-likeness (QED) is 0.596. The number of rotatable bonds is 3. The first-order valence-corrected chi connectivity index (χ1v) is 5.89. The summed E-state index contributed by atoms with van der Waals surface area (Å²) in [4.78, 5) is 34.9. The van der Waals surface area contributed by atoms with Gasteiger partial charge in [0.05, 0.1) is 0 Å². The number of nitrogen functional groups attached to an aromatic ring is 1. The first kappa shape index (κ1) is 13.6.